The van der Waals surface area contributed by atoms with E-state index in [1.165, 1.54) is 36.2 Å². The van der Waals surface area contributed by atoms with Crippen molar-refractivity contribution >= 4 is 35.8 Å². The third-order valence-electron chi connectivity index (χ3n) is 5.35. The van der Waals surface area contributed by atoms with Gasteiger partial charge in [-0.1, -0.05) is 30.4 Å². The fourth-order valence-corrected chi connectivity index (χ4v) is 4.24. The molecule has 6 nitrogen and oxygen atoms in total. The topological polar surface area (TPSA) is 93.6 Å². The fourth-order valence-electron chi connectivity index (χ4n) is 3.61. The number of amides is 1. The van der Waals surface area contributed by atoms with Gasteiger partial charge in [0.2, 0.25) is 6.41 Å². The number of hydrogen-bond acceptors (Lipinski definition) is 6. The lowest BCUT2D eigenvalue weighted by Crippen LogP contribution is -2.16. The van der Waals surface area contributed by atoms with Crippen LogP contribution in [-0.2, 0) is 11.0 Å². The number of allylic oxidation sites excluding steroid dienone is 3. The third-order valence-corrected chi connectivity index (χ3v) is 6.17. The molecule has 0 saturated heterocycles. The summed E-state index contributed by atoms with van der Waals surface area (Å²) in [4.78, 5) is 14.6. The SMILES string of the molecule is C/C=C\c1cc(SN/C(N)=C/C=C\N)ccc1N(C=O)c1ccc(-c2cccc(C(F)(F)F)c2)cc1OC. The molecule has 0 atom stereocenters. The fraction of sp³-hybridized carbons (Fsp3) is 0.107. The zero-order chi connectivity index (χ0) is 27.7. The van der Waals surface area contributed by atoms with Gasteiger partial charge >= 0.3 is 6.18 Å². The van der Waals surface area contributed by atoms with E-state index in [-0.39, 0.29) is 0 Å². The Labute approximate surface area is 223 Å². The van der Waals surface area contributed by atoms with E-state index in [9.17, 15) is 18.0 Å². The van der Waals surface area contributed by atoms with E-state index in [4.69, 9.17) is 16.2 Å². The first-order valence-electron chi connectivity index (χ1n) is 11.4. The minimum absolute atomic E-state index is 0.324. The summed E-state index contributed by atoms with van der Waals surface area (Å²) in [6, 6.07) is 15.4. The van der Waals surface area contributed by atoms with Crippen molar-refractivity contribution in [3.05, 3.63) is 102 Å². The van der Waals surface area contributed by atoms with Crippen LogP contribution in [0.3, 0.4) is 0 Å². The Morgan fingerprint density at radius 2 is 1.79 bits per heavy atom. The quantitative estimate of drug-likeness (QED) is 0.153. The summed E-state index contributed by atoms with van der Waals surface area (Å²) in [5.74, 6) is 0.734. The lowest BCUT2D eigenvalue weighted by molar-refractivity contribution is -0.137. The summed E-state index contributed by atoms with van der Waals surface area (Å²) in [6.07, 6.45) is 4.50. The highest BCUT2D eigenvalue weighted by molar-refractivity contribution is 7.97. The number of hydrogen-bond donors (Lipinski definition) is 3. The highest BCUT2D eigenvalue weighted by Crippen LogP contribution is 2.39. The molecular weight excluding hydrogens is 513 g/mol. The summed E-state index contributed by atoms with van der Waals surface area (Å²) in [5, 5.41) is 0. The number of rotatable bonds is 10. The van der Waals surface area contributed by atoms with Gasteiger partial charge in [-0.2, -0.15) is 13.2 Å². The maximum atomic E-state index is 13.2. The van der Waals surface area contributed by atoms with Gasteiger partial charge in [-0.05, 0) is 96.4 Å². The van der Waals surface area contributed by atoms with Gasteiger partial charge in [0.05, 0.1) is 24.0 Å². The van der Waals surface area contributed by atoms with E-state index >= 15 is 0 Å². The number of ether oxygens (including phenoxy) is 1. The van der Waals surface area contributed by atoms with Gasteiger partial charge in [0.1, 0.15) is 11.6 Å². The molecule has 0 bridgehead atoms. The van der Waals surface area contributed by atoms with Crippen molar-refractivity contribution in [1.29, 1.82) is 0 Å². The van der Waals surface area contributed by atoms with Crippen molar-refractivity contribution in [2.75, 3.05) is 12.0 Å². The van der Waals surface area contributed by atoms with Gasteiger partial charge in [0, 0.05) is 4.90 Å². The highest BCUT2D eigenvalue weighted by atomic mass is 32.2. The van der Waals surface area contributed by atoms with Crippen molar-refractivity contribution in [1.82, 2.24) is 4.72 Å². The number of nitrogens with two attached hydrogens (primary N) is 2. The van der Waals surface area contributed by atoms with Crippen molar-refractivity contribution < 1.29 is 22.7 Å². The highest BCUT2D eigenvalue weighted by Gasteiger charge is 2.30. The molecule has 10 heteroatoms. The van der Waals surface area contributed by atoms with E-state index in [1.807, 2.05) is 31.2 Å². The Balaban J connectivity index is 1.98. The second-order valence-electron chi connectivity index (χ2n) is 7.87. The summed E-state index contributed by atoms with van der Waals surface area (Å²) < 4.78 is 48.1. The molecule has 0 unspecified atom stereocenters. The van der Waals surface area contributed by atoms with Crippen molar-refractivity contribution in [2.45, 2.75) is 18.0 Å². The molecule has 0 aliphatic carbocycles. The van der Waals surface area contributed by atoms with Crippen LogP contribution in [0.1, 0.15) is 18.1 Å². The Morgan fingerprint density at radius 1 is 1.05 bits per heavy atom. The van der Waals surface area contributed by atoms with Crippen LogP contribution in [0.25, 0.3) is 17.2 Å². The smallest absolute Gasteiger partial charge is 0.416 e. The molecule has 0 aliphatic heterocycles. The number of halogens is 3. The molecule has 3 rings (SSSR count). The average molecular weight is 541 g/mol. The minimum atomic E-state index is -4.46. The third kappa shape index (κ3) is 6.92. The Hall–Kier alpha value is -4.31. The largest absolute Gasteiger partial charge is 0.495 e. The number of nitrogens with one attached hydrogen (secondary N) is 1. The summed E-state index contributed by atoms with van der Waals surface area (Å²) in [7, 11) is 1.44. The van der Waals surface area contributed by atoms with Gasteiger partial charge in [-0.25, -0.2) is 0 Å². The molecule has 5 N–H and O–H groups in total. The molecule has 0 aliphatic rings. The predicted octanol–water partition coefficient (Wildman–Crippen LogP) is 6.58. The van der Waals surface area contributed by atoms with E-state index in [2.05, 4.69) is 4.72 Å². The predicted molar refractivity (Wildman–Crippen MR) is 147 cm³/mol. The molecule has 3 aromatic rings. The van der Waals surface area contributed by atoms with Crippen molar-refractivity contribution in [3.8, 4) is 16.9 Å². The molecule has 0 heterocycles. The number of benzene rings is 3. The Bertz CT molecular complexity index is 1370. The standard InChI is InChI=1S/C28H27F3N4O2S/c1-3-6-21-16-23(38-34-27(33)9-5-14-32)11-13-24(21)35(18-36)25-12-10-20(17-26(25)37-2)19-7-4-8-22(15-19)28(29,30)31/h3-18,34H,32-33H2,1-2H3/b6-3-,14-5-,27-9+. The maximum Gasteiger partial charge on any atom is 0.416 e. The molecule has 0 saturated carbocycles. The van der Waals surface area contributed by atoms with Crippen LogP contribution in [0, 0.1) is 0 Å². The second kappa shape index (κ2) is 12.8. The average Bonchev–Trinajstić information content (AvgIpc) is 2.92. The van der Waals surface area contributed by atoms with E-state index in [0.717, 1.165) is 22.6 Å². The van der Waals surface area contributed by atoms with Gasteiger partial charge in [0.25, 0.3) is 0 Å². The molecule has 0 fully saturated rings. The minimum Gasteiger partial charge on any atom is -0.495 e. The molecule has 38 heavy (non-hydrogen) atoms. The molecule has 3 aromatic carbocycles. The van der Waals surface area contributed by atoms with Crippen LogP contribution >= 0.6 is 11.9 Å². The molecule has 0 radical (unpaired) electrons. The lowest BCUT2D eigenvalue weighted by Gasteiger charge is -2.23. The normalized spacial score (nSPS) is 12.2. The van der Waals surface area contributed by atoms with Gasteiger partial charge in [0.15, 0.2) is 0 Å². The van der Waals surface area contributed by atoms with Gasteiger partial charge < -0.3 is 20.9 Å². The van der Waals surface area contributed by atoms with E-state index in [1.54, 1.807) is 42.5 Å². The van der Waals surface area contributed by atoms with Gasteiger partial charge in [-0.15, -0.1) is 0 Å². The van der Waals surface area contributed by atoms with Crippen LogP contribution in [0.15, 0.2) is 95.8 Å². The summed E-state index contributed by atoms with van der Waals surface area (Å²) in [6.45, 7) is 1.86. The molecule has 1 amide bonds. The zero-order valence-electron chi connectivity index (χ0n) is 20.7. The molecule has 198 valence electrons. The van der Waals surface area contributed by atoms with Crippen molar-refractivity contribution in [3.63, 3.8) is 0 Å². The van der Waals surface area contributed by atoms with Crippen LogP contribution in [0.5, 0.6) is 5.75 Å². The number of carbonyl (C=O) groups is 1. The number of methoxy groups -OCH3 is 1. The second-order valence-corrected chi connectivity index (χ2v) is 8.75. The van der Waals surface area contributed by atoms with Crippen LogP contribution in [-0.4, -0.2) is 13.5 Å². The zero-order valence-corrected chi connectivity index (χ0v) is 21.5. The Morgan fingerprint density at radius 3 is 2.45 bits per heavy atom. The van der Waals surface area contributed by atoms with E-state index in [0.29, 0.717) is 40.5 Å². The molecule has 0 spiro atoms. The molecular formula is C28H27F3N4O2S. The first kappa shape index (κ1) is 28.3. The monoisotopic (exact) mass is 540 g/mol. The Kier molecular flexibility index (Phi) is 9.50. The van der Waals surface area contributed by atoms with Crippen molar-refractivity contribution in [2.24, 2.45) is 11.5 Å². The number of alkyl halides is 3. The first-order valence-corrected chi connectivity index (χ1v) is 12.2. The first-order chi connectivity index (χ1) is 18.2. The van der Waals surface area contributed by atoms with Crippen LogP contribution in [0.2, 0.25) is 0 Å². The molecule has 0 aromatic heterocycles. The summed E-state index contributed by atoms with van der Waals surface area (Å²) in [5.41, 5.74) is 13.1. The number of nitrogens with zero attached hydrogens (tertiary/aromatic N) is 1. The maximum absolute atomic E-state index is 13.2. The van der Waals surface area contributed by atoms with Crippen LogP contribution < -0.4 is 25.8 Å². The number of anilines is 2. The lowest BCUT2D eigenvalue weighted by atomic mass is 10.0. The van der Waals surface area contributed by atoms with E-state index < -0.39 is 11.7 Å². The summed E-state index contributed by atoms with van der Waals surface area (Å²) >= 11 is 1.29. The number of carbonyl (C=O) groups excluding carboxylic acids is 1. The van der Waals surface area contributed by atoms with Gasteiger partial charge in [-0.3, -0.25) is 9.69 Å². The van der Waals surface area contributed by atoms with Crippen LogP contribution in [0.4, 0.5) is 24.5 Å².